The molecule has 0 bridgehead atoms. The number of halogens is 3. The summed E-state index contributed by atoms with van der Waals surface area (Å²) in [6.45, 7) is 5.51. The molecule has 0 aliphatic carbocycles. The smallest absolute Gasteiger partial charge is 0.351 e. The fraction of sp³-hybridized carbons (Fsp3) is 0.500. The molecule has 132 valence electrons. The van der Waals surface area contributed by atoms with Gasteiger partial charge in [-0.2, -0.15) is 13.2 Å². The molecular formula is C16H19F3N2O2S. The summed E-state index contributed by atoms with van der Waals surface area (Å²) < 4.78 is 38.4. The van der Waals surface area contributed by atoms with Crippen molar-refractivity contribution in [2.75, 3.05) is 10.8 Å². The van der Waals surface area contributed by atoms with E-state index < -0.39 is 22.5 Å². The number of rotatable bonds is 3. The molecule has 4 nitrogen and oxygen atoms in total. The molecule has 1 heterocycles. The predicted octanol–water partition coefficient (Wildman–Crippen LogP) is 3.42. The first-order valence-corrected chi connectivity index (χ1v) is 8.43. The number of hydrogen-bond donors (Lipinski definition) is 1. The second-order valence-electron chi connectivity index (χ2n) is 6.60. The Kier molecular flexibility index (Phi) is 5.17. The number of carbonyl (C=O) groups excluding carboxylic acids is 2. The number of thioether (sulfide) groups is 1. The van der Waals surface area contributed by atoms with Crippen molar-refractivity contribution in [3.05, 3.63) is 29.8 Å². The lowest BCUT2D eigenvalue weighted by Gasteiger charge is -2.21. The number of benzene rings is 1. The van der Waals surface area contributed by atoms with Gasteiger partial charge in [0.15, 0.2) is 0 Å². The van der Waals surface area contributed by atoms with Crippen molar-refractivity contribution in [3.63, 3.8) is 0 Å². The van der Waals surface area contributed by atoms with Gasteiger partial charge in [-0.15, -0.1) is 11.8 Å². The van der Waals surface area contributed by atoms with Crippen LogP contribution in [0.15, 0.2) is 24.3 Å². The first-order chi connectivity index (χ1) is 11.0. The van der Waals surface area contributed by atoms with E-state index in [1.54, 1.807) is 0 Å². The maximum atomic E-state index is 12.8. The van der Waals surface area contributed by atoms with Crippen molar-refractivity contribution < 1.29 is 22.8 Å². The normalized spacial score (nSPS) is 18.8. The molecule has 1 aliphatic rings. The average Bonchev–Trinajstić information content (AvgIpc) is 2.77. The van der Waals surface area contributed by atoms with Gasteiger partial charge in [-0.1, -0.05) is 6.07 Å². The quantitative estimate of drug-likeness (QED) is 0.899. The fourth-order valence-electron chi connectivity index (χ4n) is 2.31. The van der Waals surface area contributed by atoms with Crippen LogP contribution >= 0.6 is 11.8 Å². The van der Waals surface area contributed by atoms with E-state index in [0.717, 1.165) is 12.1 Å². The van der Waals surface area contributed by atoms with Crippen LogP contribution < -0.4 is 10.2 Å². The van der Waals surface area contributed by atoms with Gasteiger partial charge in [0, 0.05) is 17.6 Å². The van der Waals surface area contributed by atoms with Crippen LogP contribution in [0.3, 0.4) is 0 Å². The van der Waals surface area contributed by atoms with Crippen molar-refractivity contribution in [1.82, 2.24) is 5.32 Å². The van der Waals surface area contributed by atoms with E-state index in [2.05, 4.69) is 5.32 Å². The minimum absolute atomic E-state index is 0.0102. The molecule has 1 aliphatic heterocycles. The Morgan fingerprint density at radius 2 is 2.00 bits per heavy atom. The molecule has 0 spiro atoms. The molecule has 1 saturated heterocycles. The van der Waals surface area contributed by atoms with Gasteiger partial charge in [-0.25, -0.2) is 0 Å². The summed E-state index contributed by atoms with van der Waals surface area (Å²) >= 11 is 1.26. The van der Waals surface area contributed by atoms with E-state index in [-0.39, 0.29) is 29.8 Å². The van der Waals surface area contributed by atoms with Crippen molar-refractivity contribution in [2.45, 2.75) is 44.2 Å². The molecule has 24 heavy (non-hydrogen) atoms. The van der Waals surface area contributed by atoms with Gasteiger partial charge < -0.3 is 10.2 Å². The first-order valence-electron chi connectivity index (χ1n) is 7.38. The highest BCUT2D eigenvalue weighted by Crippen LogP contribution is 2.35. The Morgan fingerprint density at radius 1 is 1.33 bits per heavy atom. The van der Waals surface area contributed by atoms with Crippen LogP contribution in [-0.4, -0.2) is 28.5 Å². The molecule has 2 rings (SSSR count). The van der Waals surface area contributed by atoms with E-state index in [9.17, 15) is 22.8 Å². The van der Waals surface area contributed by atoms with Crippen LogP contribution in [0.4, 0.5) is 18.9 Å². The zero-order valence-electron chi connectivity index (χ0n) is 13.6. The SMILES string of the molecule is CC(C)(C)NC(=O)CC1SCN(c2cccc(C(F)(F)F)c2)C1=O. The van der Waals surface area contributed by atoms with Gasteiger partial charge in [0.05, 0.1) is 16.7 Å². The van der Waals surface area contributed by atoms with Gasteiger partial charge in [0.25, 0.3) is 0 Å². The lowest BCUT2D eigenvalue weighted by Crippen LogP contribution is -2.42. The second-order valence-corrected chi connectivity index (χ2v) is 7.76. The van der Waals surface area contributed by atoms with Crippen LogP contribution in [-0.2, 0) is 15.8 Å². The van der Waals surface area contributed by atoms with Gasteiger partial charge in [-0.3, -0.25) is 9.59 Å². The fourth-order valence-corrected chi connectivity index (χ4v) is 3.45. The number of anilines is 1. The third-order valence-electron chi connectivity index (χ3n) is 3.32. The van der Waals surface area contributed by atoms with E-state index in [4.69, 9.17) is 0 Å². The second kappa shape index (κ2) is 6.66. The van der Waals surface area contributed by atoms with E-state index in [1.807, 2.05) is 20.8 Å². The molecule has 1 aromatic rings. The molecular weight excluding hydrogens is 341 g/mol. The maximum Gasteiger partial charge on any atom is 0.416 e. The van der Waals surface area contributed by atoms with E-state index >= 15 is 0 Å². The maximum absolute atomic E-state index is 12.8. The zero-order chi connectivity index (χ0) is 18.1. The highest BCUT2D eigenvalue weighted by Gasteiger charge is 2.37. The summed E-state index contributed by atoms with van der Waals surface area (Å²) in [5.41, 5.74) is -1.00. The number of hydrogen-bond acceptors (Lipinski definition) is 3. The van der Waals surface area contributed by atoms with Gasteiger partial charge in [0.2, 0.25) is 11.8 Å². The van der Waals surface area contributed by atoms with Crippen molar-refractivity contribution >= 4 is 29.3 Å². The largest absolute Gasteiger partial charge is 0.416 e. The molecule has 0 radical (unpaired) electrons. The summed E-state index contributed by atoms with van der Waals surface area (Å²) in [6.07, 6.45) is -4.45. The zero-order valence-corrected chi connectivity index (χ0v) is 14.4. The van der Waals surface area contributed by atoms with Gasteiger partial charge in [0.1, 0.15) is 0 Å². The van der Waals surface area contributed by atoms with Crippen LogP contribution in [0, 0.1) is 0 Å². The summed E-state index contributed by atoms with van der Waals surface area (Å²) in [4.78, 5) is 25.6. The number of alkyl halides is 3. The van der Waals surface area contributed by atoms with Crippen molar-refractivity contribution in [1.29, 1.82) is 0 Å². The molecule has 2 amide bonds. The summed E-state index contributed by atoms with van der Waals surface area (Å²) in [6, 6.07) is 4.66. The Hall–Kier alpha value is -1.70. The number of amides is 2. The number of carbonyl (C=O) groups is 2. The standard InChI is InChI=1S/C16H19F3N2O2S/c1-15(2,3)20-13(22)8-12-14(23)21(9-24-12)11-6-4-5-10(7-11)16(17,18)19/h4-7,12H,8-9H2,1-3H3,(H,20,22). The minimum Gasteiger partial charge on any atom is -0.351 e. The number of nitrogens with zero attached hydrogens (tertiary/aromatic N) is 1. The Bertz CT molecular complexity index is 641. The van der Waals surface area contributed by atoms with E-state index in [1.165, 1.54) is 28.8 Å². The van der Waals surface area contributed by atoms with Crippen LogP contribution in [0.5, 0.6) is 0 Å². The van der Waals surface area contributed by atoms with Crippen LogP contribution in [0.25, 0.3) is 0 Å². The Balaban J connectivity index is 2.08. The first kappa shape index (κ1) is 18.6. The molecule has 1 unspecified atom stereocenters. The highest BCUT2D eigenvalue weighted by molar-refractivity contribution is 8.01. The third kappa shape index (κ3) is 4.66. The molecule has 8 heteroatoms. The topological polar surface area (TPSA) is 49.4 Å². The lowest BCUT2D eigenvalue weighted by atomic mass is 10.1. The van der Waals surface area contributed by atoms with Crippen molar-refractivity contribution in [2.24, 2.45) is 0 Å². The monoisotopic (exact) mass is 360 g/mol. The molecule has 0 aromatic heterocycles. The highest BCUT2D eigenvalue weighted by atomic mass is 32.2. The molecule has 1 aromatic carbocycles. The van der Waals surface area contributed by atoms with Gasteiger partial charge >= 0.3 is 6.18 Å². The lowest BCUT2D eigenvalue weighted by molar-refractivity contribution is -0.137. The van der Waals surface area contributed by atoms with Crippen LogP contribution in [0.1, 0.15) is 32.8 Å². The summed E-state index contributed by atoms with van der Waals surface area (Å²) in [7, 11) is 0. The third-order valence-corrected chi connectivity index (χ3v) is 4.49. The summed E-state index contributed by atoms with van der Waals surface area (Å²) in [5.74, 6) is -0.365. The summed E-state index contributed by atoms with van der Waals surface area (Å²) in [5, 5.41) is 2.20. The van der Waals surface area contributed by atoms with E-state index in [0.29, 0.717) is 0 Å². The Morgan fingerprint density at radius 3 is 2.58 bits per heavy atom. The minimum atomic E-state index is -4.46. The van der Waals surface area contributed by atoms with Gasteiger partial charge in [-0.05, 0) is 39.0 Å². The average molecular weight is 360 g/mol. The predicted molar refractivity (Wildman–Crippen MR) is 87.7 cm³/mol. The number of nitrogens with one attached hydrogen (secondary N) is 1. The molecule has 0 saturated carbocycles. The van der Waals surface area contributed by atoms with Crippen LogP contribution in [0.2, 0.25) is 0 Å². The van der Waals surface area contributed by atoms with Crippen molar-refractivity contribution in [3.8, 4) is 0 Å². The molecule has 1 atom stereocenters. The molecule has 1 fully saturated rings. The Labute approximate surface area is 142 Å². The molecule has 1 N–H and O–H groups in total.